The maximum Gasteiger partial charge on any atom is 0.0743 e. The highest BCUT2D eigenvalue weighted by atomic mass is 16.5. The molecule has 2 nitrogen and oxygen atoms in total. The van der Waals surface area contributed by atoms with Crippen molar-refractivity contribution in [1.82, 2.24) is 0 Å². The number of anilines is 1. The van der Waals surface area contributed by atoms with Gasteiger partial charge in [-0.2, -0.15) is 0 Å². The third-order valence-corrected chi connectivity index (χ3v) is 2.25. The third kappa shape index (κ3) is 2.74. The molecule has 2 N–H and O–H groups in total. The van der Waals surface area contributed by atoms with E-state index >= 15 is 0 Å². The van der Waals surface area contributed by atoms with Crippen molar-refractivity contribution < 1.29 is 4.74 Å². The first kappa shape index (κ1) is 11.1. The predicted octanol–water partition coefficient (Wildman–Crippen LogP) is 2.76. The molecule has 0 unspecified atom stereocenters. The molecule has 0 aliphatic heterocycles. The van der Waals surface area contributed by atoms with Gasteiger partial charge in [0.2, 0.25) is 0 Å². The van der Waals surface area contributed by atoms with Crippen LogP contribution in [-0.2, 0) is 17.8 Å². The van der Waals surface area contributed by atoms with Crippen molar-refractivity contribution in [3.8, 4) is 0 Å². The molecule has 0 atom stereocenters. The average molecular weight is 193 g/mol. The summed E-state index contributed by atoms with van der Waals surface area (Å²) in [5.41, 5.74) is 9.17. The van der Waals surface area contributed by atoms with Crippen LogP contribution in [-0.4, -0.2) is 6.10 Å². The number of aryl methyl sites for hydroxylation is 1. The summed E-state index contributed by atoms with van der Waals surface area (Å²) in [7, 11) is 0. The van der Waals surface area contributed by atoms with E-state index in [1.807, 2.05) is 26.0 Å². The van der Waals surface area contributed by atoms with E-state index in [1.54, 1.807) is 0 Å². The van der Waals surface area contributed by atoms with Crippen LogP contribution in [0.25, 0.3) is 0 Å². The first-order chi connectivity index (χ1) is 6.65. The van der Waals surface area contributed by atoms with Crippen LogP contribution in [0.3, 0.4) is 0 Å². The quantitative estimate of drug-likeness (QED) is 0.746. The van der Waals surface area contributed by atoms with E-state index in [9.17, 15) is 0 Å². The van der Waals surface area contributed by atoms with Crippen molar-refractivity contribution >= 4 is 5.69 Å². The summed E-state index contributed by atoms with van der Waals surface area (Å²) < 4.78 is 5.57. The van der Waals surface area contributed by atoms with Gasteiger partial charge in [-0.3, -0.25) is 0 Å². The number of hydrogen-bond donors (Lipinski definition) is 1. The Labute approximate surface area is 86.1 Å². The number of ether oxygens (including phenoxy) is 1. The summed E-state index contributed by atoms with van der Waals surface area (Å²) in [4.78, 5) is 0. The van der Waals surface area contributed by atoms with Gasteiger partial charge >= 0.3 is 0 Å². The number of hydrogen-bond acceptors (Lipinski definition) is 2. The first-order valence-electron chi connectivity index (χ1n) is 5.13. The Morgan fingerprint density at radius 3 is 2.64 bits per heavy atom. The van der Waals surface area contributed by atoms with Crippen molar-refractivity contribution in [1.29, 1.82) is 0 Å². The molecule has 1 rings (SSSR count). The van der Waals surface area contributed by atoms with E-state index in [1.165, 1.54) is 5.56 Å². The van der Waals surface area contributed by atoms with Gasteiger partial charge in [0, 0.05) is 11.3 Å². The molecular weight excluding hydrogens is 174 g/mol. The van der Waals surface area contributed by atoms with Gasteiger partial charge in [-0.15, -0.1) is 0 Å². The van der Waals surface area contributed by atoms with Crippen LogP contribution in [0.15, 0.2) is 18.2 Å². The number of rotatable bonds is 4. The standard InChI is InChI=1S/C12H19NO/c1-4-10-6-5-7-12(13)11(10)8-14-9(2)3/h5-7,9H,4,8,13H2,1-3H3. The van der Waals surface area contributed by atoms with Gasteiger partial charge in [0.05, 0.1) is 12.7 Å². The van der Waals surface area contributed by atoms with E-state index in [-0.39, 0.29) is 6.10 Å². The van der Waals surface area contributed by atoms with Crippen LogP contribution in [0, 0.1) is 0 Å². The topological polar surface area (TPSA) is 35.2 Å². The Bertz CT molecular complexity index is 294. The van der Waals surface area contributed by atoms with Gasteiger partial charge in [0.15, 0.2) is 0 Å². The second-order valence-corrected chi connectivity index (χ2v) is 3.70. The lowest BCUT2D eigenvalue weighted by Crippen LogP contribution is -2.06. The minimum atomic E-state index is 0.249. The monoisotopic (exact) mass is 193 g/mol. The minimum Gasteiger partial charge on any atom is -0.398 e. The molecule has 0 radical (unpaired) electrons. The summed E-state index contributed by atoms with van der Waals surface area (Å²) in [6.07, 6.45) is 1.25. The fourth-order valence-electron chi connectivity index (χ4n) is 1.41. The van der Waals surface area contributed by atoms with Crippen LogP contribution >= 0.6 is 0 Å². The largest absolute Gasteiger partial charge is 0.398 e. The van der Waals surface area contributed by atoms with Crippen molar-refractivity contribution in [2.45, 2.75) is 39.9 Å². The van der Waals surface area contributed by atoms with Gasteiger partial charge in [-0.05, 0) is 31.9 Å². The SMILES string of the molecule is CCc1cccc(N)c1COC(C)C. The lowest BCUT2D eigenvalue weighted by molar-refractivity contribution is 0.0656. The van der Waals surface area contributed by atoms with Crippen molar-refractivity contribution in [3.63, 3.8) is 0 Å². The Morgan fingerprint density at radius 2 is 2.07 bits per heavy atom. The Morgan fingerprint density at radius 1 is 1.36 bits per heavy atom. The van der Waals surface area contributed by atoms with Crippen molar-refractivity contribution in [2.75, 3.05) is 5.73 Å². The second-order valence-electron chi connectivity index (χ2n) is 3.70. The highest BCUT2D eigenvalue weighted by Gasteiger charge is 2.05. The van der Waals surface area contributed by atoms with E-state index in [2.05, 4.69) is 13.0 Å². The molecule has 1 aromatic rings. The highest BCUT2D eigenvalue weighted by molar-refractivity contribution is 5.50. The molecule has 0 amide bonds. The maximum absolute atomic E-state index is 5.90. The Balaban J connectivity index is 2.82. The summed E-state index contributed by atoms with van der Waals surface area (Å²) in [6.45, 7) is 6.82. The van der Waals surface area contributed by atoms with Gasteiger partial charge in [0.25, 0.3) is 0 Å². The zero-order valence-electron chi connectivity index (χ0n) is 9.21. The molecule has 78 valence electrons. The van der Waals surface area contributed by atoms with E-state index < -0.39 is 0 Å². The van der Waals surface area contributed by atoms with Crippen LogP contribution in [0.2, 0.25) is 0 Å². The maximum atomic E-state index is 5.90. The molecule has 14 heavy (non-hydrogen) atoms. The van der Waals surface area contributed by atoms with Crippen LogP contribution in [0.1, 0.15) is 31.9 Å². The molecule has 0 aliphatic rings. The fraction of sp³-hybridized carbons (Fsp3) is 0.500. The lowest BCUT2D eigenvalue weighted by atomic mass is 10.0. The third-order valence-electron chi connectivity index (χ3n) is 2.25. The van der Waals surface area contributed by atoms with E-state index in [0.717, 1.165) is 17.7 Å². The summed E-state index contributed by atoms with van der Waals surface area (Å²) in [5.74, 6) is 0. The molecular formula is C12H19NO. The van der Waals surface area contributed by atoms with Gasteiger partial charge in [-0.25, -0.2) is 0 Å². The van der Waals surface area contributed by atoms with E-state index in [0.29, 0.717) is 6.61 Å². The Hall–Kier alpha value is -1.02. The number of nitrogen functional groups attached to an aromatic ring is 1. The second kappa shape index (κ2) is 5.01. The highest BCUT2D eigenvalue weighted by Crippen LogP contribution is 2.19. The van der Waals surface area contributed by atoms with E-state index in [4.69, 9.17) is 10.5 Å². The molecule has 2 heteroatoms. The molecule has 0 aromatic heterocycles. The molecule has 0 fully saturated rings. The smallest absolute Gasteiger partial charge is 0.0743 e. The van der Waals surface area contributed by atoms with Gasteiger partial charge in [0.1, 0.15) is 0 Å². The normalized spacial score (nSPS) is 10.9. The first-order valence-corrected chi connectivity index (χ1v) is 5.13. The minimum absolute atomic E-state index is 0.249. The van der Waals surface area contributed by atoms with Crippen LogP contribution < -0.4 is 5.73 Å². The molecule has 0 aliphatic carbocycles. The zero-order valence-corrected chi connectivity index (χ0v) is 9.21. The lowest BCUT2D eigenvalue weighted by Gasteiger charge is -2.13. The van der Waals surface area contributed by atoms with Gasteiger partial charge < -0.3 is 10.5 Å². The Kier molecular flexibility index (Phi) is 3.96. The molecule has 1 aromatic carbocycles. The van der Waals surface area contributed by atoms with Crippen molar-refractivity contribution in [3.05, 3.63) is 29.3 Å². The summed E-state index contributed by atoms with van der Waals surface area (Å²) in [5, 5.41) is 0. The zero-order chi connectivity index (χ0) is 10.6. The van der Waals surface area contributed by atoms with Crippen molar-refractivity contribution in [2.24, 2.45) is 0 Å². The van der Waals surface area contributed by atoms with Crippen LogP contribution in [0.5, 0.6) is 0 Å². The number of benzene rings is 1. The molecule has 0 saturated heterocycles. The van der Waals surface area contributed by atoms with Crippen LogP contribution in [0.4, 0.5) is 5.69 Å². The molecule has 0 spiro atoms. The van der Waals surface area contributed by atoms with Gasteiger partial charge in [-0.1, -0.05) is 19.1 Å². The molecule has 0 bridgehead atoms. The summed E-state index contributed by atoms with van der Waals surface area (Å²) >= 11 is 0. The average Bonchev–Trinajstić information content (AvgIpc) is 2.15. The number of nitrogens with two attached hydrogens (primary N) is 1. The summed E-state index contributed by atoms with van der Waals surface area (Å²) in [6, 6.07) is 6.03. The molecule has 0 heterocycles. The molecule has 0 saturated carbocycles. The predicted molar refractivity (Wildman–Crippen MR) is 60.2 cm³/mol. The fourth-order valence-corrected chi connectivity index (χ4v) is 1.41.